The van der Waals surface area contributed by atoms with Crippen molar-refractivity contribution in [2.75, 3.05) is 0 Å². The average Bonchev–Trinajstić information content (AvgIpc) is 2.29. The smallest absolute Gasteiger partial charge is 0.146 e. The van der Waals surface area contributed by atoms with Gasteiger partial charge in [-0.05, 0) is 32.9 Å². The van der Waals surface area contributed by atoms with Gasteiger partial charge in [-0.2, -0.15) is 0 Å². The fraction of sp³-hybridized carbons (Fsp3) is 0.357. The lowest BCUT2D eigenvalue weighted by atomic mass is 10.2. The van der Waals surface area contributed by atoms with Crippen LogP contribution < -0.4 is 10.5 Å². The highest BCUT2D eigenvalue weighted by atomic mass is 16.5. The number of rotatable bonds is 3. The molecule has 0 aliphatic rings. The van der Waals surface area contributed by atoms with Gasteiger partial charge in [-0.1, -0.05) is 18.2 Å². The van der Waals surface area contributed by atoms with Gasteiger partial charge in [-0.25, -0.2) is 4.98 Å². The van der Waals surface area contributed by atoms with Gasteiger partial charge in [0.05, 0.1) is 0 Å². The number of benzene rings is 1. The molecule has 2 atom stereocenters. The van der Waals surface area contributed by atoms with Crippen LogP contribution in [0.1, 0.15) is 19.5 Å². The molecule has 0 saturated heterocycles. The molecule has 2 aromatic rings. The molecule has 0 aliphatic carbocycles. The minimum atomic E-state index is -0.0251. The topological polar surface area (TPSA) is 48.1 Å². The first-order chi connectivity index (χ1) is 8.08. The van der Waals surface area contributed by atoms with E-state index in [1.807, 2.05) is 45.0 Å². The summed E-state index contributed by atoms with van der Waals surface area (Å²) in [5, 5.41) is 1.09. The van der Waals surface area contributed by atoms with E-state index in [4.69, 9.17) is 10.5 Å². The zero-order valence-electron chi connectivity index (χ0n) is 10.5. The third kappa shape index (κ3) is 2.56. The molecule has 1 heterocycles. The molecule has 1 aromatic heterocycles. The van der Waals surface area contributed by atoms with Crippen molar-refractivity contribution < 1.29 is 4.74 Å². The van der Waals surface area contributed by atoms with Crippen LogP contribution in [0.15, 0.2) is 30.3 Å². The van der Waals surface area contributed by atoms with Crippen molar-refractivity contribution in [1.82, 2.24) is 4.98 Å². The molecular weight excluding hydrogens is 212 g/mol. The Kier molecular flexibility index (Phi) is 3.29. The van der Waals surface area contributed by atoms with Crippen LogP contribution in [-0.2, 0) is 0 Å². The second kappa shape index (κ2) is 4.72. The fourth-order valence-electron chi connectivity index (χ4n) is 1.62. The van der Waals surface area contributed by atoms with Gasteiger partial charge in [0.25, 0.3) is 0 Å². The Balaban J connectivity index is 2.43. The first-order valence-electron chi connectivity index (χ1n) is 5.86. The summed E-state index contributed by atoms with van der Waals surface area (Å²) in [5.41, 5.74) is 7.70. The molecule has 0 spiro atoms. The zero-order chi connectivity index (χ0) is 12.4. The molecule has 0 fully saturated rings. The Labute approximate surface area is 102 Å². The van der Waals surface area contributed by atoms with Crippen molar-refractivity contribution in [3.8, 4) is 5.75 Å². The molecular formula is C14H18N2O. The first-order valence-corrected chi connectivity index (χ1v) is 5.86. The van der Waals surface area contributed by atoms with E-state index < -0.39 is 0 Å². The second-order valence-corrected chi connectivity index (χ2v) is 4.46. The summed E-state index contributed by atoms with van der Waals surface area (Å²) < 4.78 is 5.86. The van der Waals surface area contributed by atoms with E-state index in [9.17, 15) is 0 Å². The lowest BCUT2D eigenvalue weighted by Crippen LogP contribution is -2.33. The van der Waals surface area contributed by atoms with Gasteiger partial charge in [0.15, 0.2) is 0 Å². The molecule has 90 valence electrons. The van der Waals surface area contributed by atoms with E-state index in [0.717, 1.165) is 22.3 Å². The number of fused-ring (bicyclic) bond motifs is 1. The highest BCUT2D eigenvalue weighted by Crippen LogP contribution is 2.25. The Bertz CT molecular complexity index is 523. The number of ether oxygens (including phenoxy) is 1. The van der Waals surface area contributed by atoms with Crippen LogP contribution in [0, 0.1) is 6.92 Å². The van der Waals surface area contributed by atoms with Crippen LogP contribution in [0.2, 0.25) is 0 Å². The second-order valence-electron chi connectivity index (χ2n) is 4.46. The van der Waals surface area contributed by atoms with Crippen LogP contribution in [0.4, 0.5) is 0 Å². The molecule has 0 aliphatic heterocycles. The van der Waals surface area contributed by atoms with Gasteiger partial charge < -0.3 is 10.5 Å². The van der Waals surface area contributed by atoms with E-state index in [1.54, 1.807) is 0 Å². The summed E-state index contributed by atoms with van der Waals surface area (Å²) in [6.07, 6.45) is -0.0251. The molecule has 1 unspecified atom stereocenters. The first kappa shape index (κ1) is 11.9. The Morgan fingerprint density at radius 1 is 1.18 bits per heavy atom. The summed E-state index contributed by atoms with van der Waals surface area (Å²) in [4.78, 5) is 4.52. The zero-order valence-corrected chi connectivity index (χ0v) is 10.5. The minimum Gasteiger partial charge on any atom is -0.487 e. The molecule has 2 N–H and O–H groups in total. The standard InChI is InChI=1S/C14H18N2O/c1-9-7-8-12-5-4-6-13(14(12)16-9)17-11(3)10(2)15/h4-8,10-11H,15H2,1-3H3/t10-,11?/m0/s1. The molecule has 0 radical (unpaired) electrons. The van der Waals surface area contributed by atoms with Gasteiger partial charge in [0.1, 0.15) is 17.4 Å². The summed E-state index contributed by atoms with van der Waals surface area (Å²) in [6, 6.07) is 10.00. The SMILES string of the molecule is Cc1ccc2cccc(OC(C)[C@H](C)N)c2n1. The van der Waals surface area contributed by atoms with Gasteiger partial charge in [0, 0.05) is 17.1 Å². The summed E-state index contributed by atoms with van der Waals surface area (Å²) in [7, 11) is 0. The van der Waals surface area contributed by atoms with Crippen molar-refractivity contribution in [2.45, 2.75) is 32.9 Å². The van der Waals surface area contributed by atoms with Crippen LogP contribution in [0.25, 0.3) is 10.9 Å². The number of nitrogens with two attached hydrogens (primary N) is 1. The molecule has 3 nitrogen and oxygen atoms in total. The predicted octanol–water partition coefficient (Wildman–Crippen LogP) is 2.66. The van der Waals surface area contributed by atoms with Crippen LogP contribution in [0.3, 0.4) is 0 Å². The normalized spacial score (nSPS) is 14.6. The largest absolute Gasteiger partial charge is 0.487 e. The summed E-state index contributed by atoms with van der Waals surface area (Å²) in [6.45, 7) is 5.89. The van der Waals surface area contributed by atoms with E-state index in [2.05, 4.69) is 11.1 Å². The number of aryl methyl sites for hydroxylation is 1. The number of aromatic nitrogens is 1. The predicted molar refractivity (Wildman–Crippen MR) is 70.2 cm³/mol. The quantitative estimate of drug-likeness (QED) is 0.881. The van der Waals surface area contributed by atoms with E-state index in [1.165, 1.54) is 0 Å². The van der Waals surface area contributed by atoms with E-state index in [-0.39, 0.29) is 12.1 Å². The highest BCUT2D eigenvalue weighted by Gasteiger charge is 2.11. The maximum absolute atomic E-state index is 5.86. The third-order valence-electron chi connectivity index (χ3n) is 2.88. The number of hydrogen-bond donors (Lipinski definition) is 1. The van der Waals surface area contributed by atoms with Crippen molar-refractivity contribution in [1.29, 1.82) is 0 Å². The van der Waals surface area contributed by atoms with E-state index in [0.29, 0.717) is 0 Å². The van der Waals surface area contributed by atoms with Crippen molar-refractivity contribution in [3.63, 3.8) is 0 Å². The lowest BCUT2D eigenvalue weighted by Gasteiger charge is -2.18. The lowest BCUT2D eigenvalue weighted by molar-refractivity contribution is 0.199. The number of nitrogens with zero attached hydrogens (tertiary/aromatic N) is 1. The molecule has 0 amide bonds. The van der Waals surface area contributed by atoms with Gasteiger partial charge in [-0.15, -0.1) is 0 Å². The van der Waals surface area contributed by atoms with Crippen LogP contribution in [-0.4, -0.2) is 17.1 Å². The molecule has 2 rings (SSSR count). The van der Waals surface area contributed by atoms with Crippen LogP contribution in [0.5, 0.6) is 5.75 Å². The molecule has 17 heavy (non-hydrogen) atoms. The monoisotopic (exact) mass is 230 g/mol. The maximum Gasteiger partial charge on any atom is 0.146 e. The molecule has 3 heteroatoms. The van der Waals surface area contributed by atoms with Gasteiger partial charge >= 0.3 is 0 Å². The third-order valence-corrected chi connectivity index (χ3v) is 2.88. The van der Waals surface area contributed by atoms with Crippen molar-refractivity contribution >= 4 is 10.9 Å². The molecule has 1 aromatic carbocycles. The molecule has 0 bridgehead atoms. The highest BCUT2D eigenvalue weighted by molar-refractivity contribution is 5.84. The number of pyridine rings is 1. The number of para-hydroxylation sites is 1. The fourth-order valence-corrected chi connectivity index (χ4v) is 1.62. The summed E-state index contributed by atoms with van der Waals surface area (Å²) >= 11 is 0. The molecule has 0 saturated carbocycles. The minimum absolute atomic E-state index is 0.00457. The number of hydrogen-bond acceptors (Lipinski definition) is 3. The average molecular weight is 230 g/mol. The maximum atomic E-state index is 5.86. The Hall–Kier alpha value is -1.61. The Morgan fingerprint density at radius 2 is 1.94 bits per heavy atom. The van der Waals surface area contributed by atoms with Crippen molar-refractivity contribution in [2.24, 2.45) is 5.73 Å². The van der Waals surface area contributed by atoms with Gasteiger partial charge in [-0.3, -0.25) is 0 Å². The van der Waals surface area contributed by atoms with Gasteiger partial charge in [0.2, 0.25) is 0 Å². The summed E-state index contributed by atoms with van der Waals surface area (Å²) in [5.74, 6) is 0.802. The van der Waals surface area contributed by atoms with E-state index >= 15 is 0 Å². The van der Waals surface area contributed by atoms with Crippen LogP contribution >= 0.6 is 0 Å². The Morgan fingerprint density at radius 3 is 2.65 bits per heavy atom. The van der Waals surface area contributed by atoms with Crippen molar-refractivity contribution in [3.05, 3.63) is 36.0 Å².